The minimum absolute atomic E-state index is 0.0476. The Hall–Kier alpha value is -1.08. The number of hydrogen-bond donors (Lipinski definition) is 0. The molecule has 0 amide bonds. The lowest BCUT2D eigenvalue weighted by molar-refractivity contribution is 0.0911. The molecule has 0 saturated carbocycles. The average molecular weight is 324 g/mol. The fourth-order valence-electron chi connectivity index (χ4n) is 2.94. The zero-order chi connectivity index (χ0) is 16.9. The summed E-state index contributed by atoms with van der Waals surface area (Å²) in [5.41, 5.74) is 1.52. The van der Waals surface area contributed by atoms with Gasteiger partial charge >= 0.3 is 0 Å². The second-order valence-corrected chi connectivity index (χ2v) is 7.33. The van der Waals surface area contributed by atoms with E-state index in [0.717, 1.165) is 18.1 Å². The van der Waals surface area contributed by atoms with Crippen LogP contribution in [-0.2, 0) is 0 Å². The van der Waals surface area contributed by atoms with Crippen LogP contribution in [0.1, 0.15) is 49.5 Å². The molecule has 0 N–H and O–H groups in total. The third kappa shape index (κ3) is 4.98. The molecule has 1 aromatic rings. The van der Waals surface area contributed by atoms with E-state index in [1.165, 1.54) is 0 Å². The lowest BCUT2D eigenvalue weighted by atomic mass is 9.78. The molecule has 4 heteroatoms. The molecule has 0 saturated heterocycles. The number of aryl methyl sites for hydroxylation is 1. The average Bonchev–Trinajstić information content (AvgIpc) is 2.44. The number of carbonyl (C=O) groups is 1. The van der Waals surface area contributed by atoms with E-state index in [9.17, 15) is 4.79 Å². The Morgan fingerprint density at radius 1 is 1.23 bits per heavy atom. The van der Waals surface area contributed by atoms with E-state index in [1.807, 2.05) is 19.1 Å². The SMILES string of the molecule is COc1cc(C)cc(OC)c1C(=O)CC(C)(C)CC(C)CP. The van der Waals surface area contributed by atoms with Gasteiger partial charge < -0.3 is 9.47 Å². The van der Waals surface area contributed by atoms with Crippen LogP contribution in [0.25, 0.3) is 0 Å². The molecule has 1 rings (SSSR count). The summed E-state index contributed by atoms with van der Waals surface area (Å²) in [4.78, 5) is 12.8. The van der Waals surface area contributed by atoms with E-state index in [4.69, 9.17) is 9.47 Å². The summed E-state index contributed by atoms with van der Waals surface area (Å²) in [7, 11) is 5.95. The maximum absolute atomic E-state index is 12.8. The van der Waals surface area contributed by atoms with Crippen LogP contribution in [0.15, 0.2) is 12.1 Å². The van der Waals surface area contributed by atoms with Gasteiger partial charge in [0.25, 0.3) is 0 Å². The van der Waals surface area contributed by atoms with Crippen molar-refractivity contribution in [1.82, 2.24) is 0 Å². The smallest absolute Gasteiger partial charge is 0.170 e. The van der Waals surface area contributed by atoms with Crippen LogP contribution in [0.5, 0.6) is 11.5 Å². The van der Waals surface area contributed by atoms with Crippen molar-refractivity contribution in [3.63, 3.8) is 0 Å². The number of benzene rings is 1. The first-order valence-corrected chi connectivity index (χ1v) is 8.51. The van der Waals surface area contributed by atoms with Gasteiger partial charge in [0.1, 0.15) is 17.1 Å². The standard InChI is InChI=1S/C18H29O3P/c1-12-7-15(20-5)17(16(8-12)21-6)14(19)10-18(3,4)9-13(2)11-22/h7-8,13H,9-11,22H2,1-6H3. The van der Waals surface area contributed by atoms with Gasteiger partial charge in [-0.3, -0.25) is 4.79 Å². The van der Waals surface area contributed by atoms with Gasteiger partial charge in [0, 0.05) is 6.42 Å². The largest absolute Gasteiger partial charge is 0.496 e. The third-order valence-electron chi connectivity index (χ3n) is 3.87. The first kappa shape index (κ1) is 19.0. The Balaban J connectivity index is 3.07. The molecule has 2 unspecified atom stereocenters. The van der Waals surface area contributed by atoms with Crippen molar-refractivity contribution in [2.75, 3.05) is 20.4 Å². The second kappa shape index (κ2) is 7.97. The molecule has 124 valence electrons. The van der Waals surface area contributed by atoms with Crippen LogP contribution < -0.4 is 9.47 Å². The molecule has 0 aromatic heterocycles. The van der Waals surface area contributed by atoms with Crippen LogP contribution in [0, 0.1) is 18.3 Å². The lowest BCUT2D eigenvalue weighted by Gasteiger charge is -2.27. The van der Waals surface area contributed by atoms with E-state index in [-0.39, 0.29) is 11.2 Å². The fraction of sp³-hybridized carbons (Fsp3) is 0.611. The van der Waals surface area contributed by atoms with Crippen molar-refractivity contribution < 1.29 is 14.3 Å². The number of Topliss-reactive ketones (excluding diaryl/α,β-unsaturated/α-hetero) is 1. The van der Waals surface area contributed by atoms with E-state index >= 15 is 0 Å². The Kier molecular flexibility index (Phi) is 6.87. The van der Waals surface area contributed by atoms with Crippen molar-refractivity contribution in [2.45, 2.75) is 40.5 Å². The summed E-state index contributed by atoms with van der Waals surface area (Å²) in [5, 5.41) is 0. The first-order chi connectivity index (χ1) is 10.2. The minimum Gasteiger partial charge on any atom is -0.496 e. The Labute approximate surface area is 137 Å². The number of ether oxygens (including phenoxy) is 2. The van der Waals surface area contributed by atoms with Gasteiger partial charge in [-0.05, 0) is 48.5 Å². The van der Waals surface area contributed by atoms with Crippen LogP contribution in [0.4, 0.5) is 0 Å². The topological polar surface area (TPSA) is 35.5 Å². The molecule has 0 aliphatic rings. The molecule has 0 aliphatic carbocycles. The summed E-state index contributed by atoms with van der Waals surface area (Å²) in [5.74, 6) is 1.85. The van der Waals surface area contributed by atoms with E-state index in [2.05, 4.69) is 30.0 Å². The highest BCUT2D eigenvalue weighted by Crippen LogP contribution is 2.36. The monoisotopic (exact) mass is 324 g/mol. The molecule has 1 aromatic carbocycles. The molecule has 0 bridgehead atoms. The highest BCUT2D eigenvalue weighted by atomic mass is 31.0. The highest BCUT2D eigenvalue weighted by molar-refractivity contribution is 7.16. The van der Waals surface area contributed by atoms with Crippen molar-refractivity contribution in [3.8, 4) is 11.5 Å². The summed E-state index contributed by atoms with van der Waals surface area (Å²) < 4.78 is 10.8. The molecular formula is C18H29O3P. The number of methoxy groups -OCH3 is 2. The molecule has 0 spiro atoms. The lowest BCUT2D eigenvalue weighted by Crippen LogP contribution is -2.21. The van der Waals surface area contributed by atoms with Gasteiger partial charge in [0.15, 0.2) is 5.78 Å². The van der Waals surface area contributed by atoms with Gasteiger partial charge in [-0.15, -0.1) is 9.24 Å². The number of hydrogen-bond acceptors (Lipinski definition) is 3. The summed E-state index contributed by atoms with van der Waals surface area (Å²) in [6.07, 6.45) is 2.55. The first-order valence-electron chi connectivity index (χ1n) is 7.70. The van der Waals surface area contributed by atoms with Crippen molar-refractivity contribution in [3.05, 3.63) is 23.3 Å². The van der Waals surface area contributed by atoms with E-state index in [1.54, 1.807) is 14.2 Å². The Morgan fingerprint density at radius 3 is 2.14 bits per heavy atom. The quantitative estimate of drug-likeness (QED) is 0.521. The van der Waals surface area contributed by atoms with Gasteiger partial charge in [0.2, 0.25) is 0 Å². The number of carbonyl (C=O) groups excluding carboxylic acids is 1. The van der Waals surface area contributed by atoms with Gasteiger partial charge in [0.05, 0.1) is 14.2 Å². The van der Waals surface area contributed by atoms with Crippen LogP contribution >= 0.6 is 9.24 Å². The minimum atomic E-state index is -0.0476. The van der Waals surface area contributed by atoms with Crippen LogP contribution in [0.2, 0.25) is 0 Å². The van der Waals surface area contributed by atoms with Crippen molar-refractivity contribution >= 4 is 15.0 Å². The van der Waals surface area contributed by atoms with E-state index < -0.39 is 0 Å². The molecule has 0 aliphatic heterocycles. The summed E-state index contributed by atoms with van der Waals surface area (Å²) in [6.45, 7) is 8.47. The third-order valence-corrected chi connectivity index (χ3v) is 4.68. The molecular weight excluding hydrogens is 295 g/mol. The number of rotatable bonds is 8. The zero-order valence-electron chi connectivity index (χ0n) is 14.7. The Bertz CT molecular complexity index is 498. The van der Waals surface area contributed by atoms with E-state index in [0.29, 0.717) is 29.4 Å². The molecule has 3 nitrogen and oxygen atoms in total. The highest BCUT2D eigenvalue weighted by Gasteiger charge is 2.28. The molecule has 22 heavy (non-hydrogen) atoms. The maximum atomic E-state index is 12.8. The molecule has 0 radical (unpaired) electrons. The van der Waals surface area contributed by atoms with Crippen LogP contribution in [0.3, 0.4) is 0 Å². The molecule has 0 heterocycles. The fourth-order valence-corrected chi connectivity index (χ4v) is 3.11. The second-order valence-electron chi connectivity index (χ2n) is 6.85. The number of ketones is 1. The normalized spacial score (nSPS) is 12.9. The predicted octanol–water partition coefficient (Wildman–Crippen LogP) is 4.51. The molecule has 0 fully saturated rings. The zero-order valence-corrected chi connectivity index (χ0v) is 15.8. The van der Waals surface area contributed by atoms with Crippen LogP contribution in [-0.4, -0.2) is 26.2 Å². The summed E-state index contributed by atoms with van der Waals surface area (Å²) >= 11 is 0. The van der Waals surface area contributed by atoms with Gasteiger partial charge in [-0.2, -0.15) is 0 Å². The van der Waals surface area contributed by atoms with Crippen molar-refractivity contribution in [1.29, 1.82) is 0 Å². The van der Waals surface area contributed by atoms with Gasteiger partial charge in [-0.1, -0.05) is 20.8 Å². The maximum Gasteiger partial charge on any atom is 0.170 e. The summed E-state index contributed by atoms with van der Waals surface area (Å²) in [6, 6.07) is 3.77. The van der Waals surface area contributed by atoms with Gasteiger partial charge in [-0.25, -0.2) is 0 Å². The molecule has 2 atom stereocenters. The predicted molar refractivity (Wildman–Crippen MR) is 95.4 cm³/mol. The Morgan fingerprint density at radius 2 is 1.73 bits per heavy atom. The van der Waals surface area contributed by atoms with Crippen molar-refractivity contribution in [2.24, 2.45) is 11.3 Å².